The highest BCUT2D eigenvalue weighted by Gasteiger charge is 2.61. The van der Waals surface area contributed by atoms with Crippen LogP contribution in [0, 0.1) is 23.7 Å². The van der Waals surface area contributed by atoms with E-state index < -0.39 is 122 Å². The summed E-state index contributed by atoms with van der Waals surface area (Å²) in [5, 5.41) is 29.2. The first kappa shape index (κ1) is 26.1. The van der Waals surface area contributed by atoms with E-state index in [1.54, 1.807) is 24.3 Å². The number of carboxylic acid groups (broad SMARTS) is 2. The first-order chi connectivity index (χ1) is 19.0. The molecule has 3 N–H and O–H groups in total. The third kappa shape index (κ3) is 3.66. The van der Waals surface area contributed by atoms with E-state index >= 15 is 0 Å². The average Bonchev–Trinajstić information content (AvgIpc) is 3.74. The number of carbonyl (C=O) groups excluding carboxylic acids is 5. The van der Waals surface area contributed by atoms with E-state index in [4.69, 9.17) is 9.47 Å². The van der Waals surface area contributed by atoms with Crippen molar-refractivity contribution in [3.8, 4) is 0 Å². The Hall–Kier alpha value is -4.15. The molecule has 0 spiro atoms. The summed E-state index contributed by atoms with van der Waals surface area (Å²) in [6, 6.07) is 0. The molecule has 0 saturated carbocycles. The van der Waals surface area contributed by atoms with Gasteiger partial charge in [-0.1, -0.05) is 24.3 Å². The zero-order valence-electron chi connectivity index (χ0n) is 20.6. The molecule has 0 aromatic rings. The van der Waals surface area contributed by atoms with Crippen LogP contribution >= 0.6 is 0 Å². The van der Waals surface area contributed by atoms with Gasteiger partial charge in [0.2, 0.25) is 17.7 Å². The molecule has 40 heavy (non-hydrogen) atoms. The summed E-state index contributed by atoms with van der Waals surface area (Å²) in [5.41, 5.74) is 0. The minimum absolute atomic E-state index is 0.298. The molecule has 6 aliphatic heterocycles. The van der Waals surface area contributed by atoms with Crippen LogP contribution in [0.3, 0.4) is 0 Å². The molecule has 0 radical (unpaired) electrons. The maximum atomic E-state index is 12.9. The minimum atomic E-state index is -2.08. The number of rotatable bonds is 6. The lowest BCUT2D eigenvalue weighted by molar-refractivity contribution is -0.156. The standard InChI is InChI=1S/C24H24N4O12/c29-13(5-7-25-19(31)15-9-1-2-10(39-9)16(15)20(25)32)27(23(35)36)28(24(37)38)14(30)6-8-26-21(33)17-11-3-4-12(40-11)18(17)22(26)34/h1-4,9-12,15-19,31H,5-8H2,(H,35,36)(H,37,38)/t9?,10?,11?,12?,15?,16-,17?,18?,19?/m1/s1. The quantitative estimate of drug-likeness (QED) is 0.190. The van der Waals surface area contributed by atoms with Crippen LogP contribution in [0.15, 0.2) is 24.3 Å². The fourth-order valence-corrected chi connectivity index (χ4v) is 6.60. The van der Waals surface area contributed by atoms with Crippen molar-refractivity contribution in [3.63, 3.8) is 0 Å². The number of hydrazine groups is 1. The zero-order valence-corrected chi connectivity index (χ0v) is 20.6. The van der Waals surface area contributed by atoms with Gasteiger partial charge in [0.25, 0.3) is 11.8 Å². The maximum Gasteiger partial charge on any atom is 0.434 e. The second-order valence-corrected chi connectivity index (χ2v) is 10.3. The second-order valence-electron chi connectivity index (χ2n) is 10.3. The number of imide groups is 3. The zero-order chi connectivity index (χ0) is 28.6. The molecular formula is C24H24N4O12. The summed E-state index contributed by atoms with van der Waals surface area (Å²) in [4.78, 5) is 89.7. The maximum absolute atomic E-state index is 12.9. The molecule has 4 bridgehead atoms. The van der Waals surface area contributed by atoms with Crippen molar-refractivity contribution >= 4 is 41.7 Å². The molecule has 6 aliphatic rings. The summed E-state index contributed by atoms with van der Waals surface area (Å²) in [5.74, 6) is -7.07. The predicted octanol–water partition coefficient (Wildman–Crippen LogP) is -1.64. The summed E-state index contributed by atoms with van der Waals surface area (Å²) in [6.07, 6.45) is -2.31. The highest BCUT2D eigenvalue weighted by molar-refractivity contribution is 6.07. The van der Waals surface area contributed by atoms with Gasteiger partial charge in [-0.2, -0.15) is 0 Å². The lowest BCUT2D eigenvalue weighted by atomic mass is 9.85. The molecular weight excluding hydrogens is 536 g/mol. The summed E-state index contributed by atoms with van der Waals surface area (Å²) >= 11 is 0. The van der Waals surface area contributed by atoms with Crippen LogP contribution in [-0.2, 0) is 33.4 Å². The number of aliphatic hydroxyl groups is 1. The van der Waals surface area contributed by atoms with Crippen LogP contribution in [0.4, 0.5) is 9.59 Å². The highest BCUT2D eigenvalue weighted by Crippen LogP contribution is 2.47. The Kier molecular flexibility index (Phi) is 6.01. The van der Waals surface area contributed by atoms with Gasteiger partial charge >= 0.3 is 12.2 Å². The SMILES string of the molecule is O=C1C2C3C=CC(O3)C2C(=O)N1CCC(=O)N(C(=O)O)N(C(=O)O)C(=O)CCN1C(=O)[C@@H]2C3C=CC(O3)C2C1O. The average molecular weight is 560 g/mol. The van der Waals surface area contributed by atoms with E-state index in [1.165, 1.54) is 0 Å². The second kappa shape index (κ2) is 9.21. The molecule has 7 amide bonds. The van der Waals surface area contributed by atoms with Crippen LogP contribution < -0.4 is 0 Å². The third-order valence-electron chi connectivity index (χ3n) is 8.34. The third-order valence-corrected chi connectivity index (χ3v) is 8.34. The molecule has 6 heterocycles. The number of hydrogen-bond acceptors (Lipinski definition) is 10. The molecule has 212 valence electrons. The van der Waals surface area contributed by atoms with Crippen molar-refractivity contribution in [1.82, 2.24) is 19.8 Å². The van der Waals surface area contributed by atoms with Crippen LogP contribution in [-0.4, -0.2) is 121 Å². The largest absolute Gasteiger partial charge is 0.463 e. The minimum Gasteiger partial charge on any atom is -0.463 e. The van der Waals surface area contributed by atoms with Gasteiger partial charge in [-0.15, -0.1) is 10.0 Å². The smallest absolute Gasteiger partial charge is 0.434 e. The van der Waals surface area contributed by atoms with Gasteiger partial charge in [-0.05, 0) is 0 Å². The van der Waals surface area contributed by atoms with Crippen LogP contribution in [0.5, 0.6) is 0 Å². The number of fused-ring (bicyclic) bond motifs is 10. The summed E-state index contributed by atoms with van der Waals surface area (Å²) in [6.45, 7) is -0.960. The van der Waals surface area contributed by atoms with Gasteiger partial charge in [-0.3, -0.25) is 28.9 Å². The molecule has 0 aliphatic carbocycles. The van der Waals surface area contributed by atoms with Crippen LogP contribution in [0.1, 0.15) is 12.8 Å². The number of hydrogen-bond donors (Lipinski definition) is 3. The van der Waals surface area contributed by atoms with E-state index in [0.717, 1.165) is 9.80 Å². The van der Waals surface area contributed by atoms with Crippen LogP contribution in [0.25, 0.3) is 0 Å². The van der Waals surface area contributed by atoms with Crippen molar-refractivity contribution in [2.75, 3.05) is 13.1 Å². The fourth-order valence-electron chi connectivity index (χ4n) is 6.60. The number of aliphatic hydroxyl groups excluding tert-OH is 1. The van der Waals surface area contributed by atoms with Gasteiger partial charge in [0.1, 0.15) is 6.23 Å². The number of amides is 7. The van der Waals surface area contributed by atoms with E-state index in [1.807, 2.05) is 0 Å². The van der Waals surface area contributed by atoms with Crippen molar-refractivity contribution in [2.45, 2.75) is 43.5 Å². The molecule has 6 rings (SSSR count). The summed E-state index contributed by atoms with van der Waals surface area (Å²) < 4.78 is 11.1. The van der Waals surface area contributed by atoms with Gasteiger partial charge in [0, 0.05) is 31.8 Å². The Morgan fingerprint density at radius 1 is 0.700 bits per heavy atom. The topological polar surface area (TPSA) is 212 Å². The molecule has 4 saturated heterocycles. The molecule has 0 aromatic heterocycles. The molecule has 16 heteroatoms. The Morgan fingerprint density at radius 2 is 1.15 bits per heavy atom. The van der Waals surface area contributed by atoms with E-state index in [0.29, 0.717) is 0 Å². The Labute approximate surface area is 224 Å². The number of ether oxygens (including phenoxy) is 2. The Morgan fingerprint density at radius 3 is 1.65 bits per heavy atom. The predicted molar refractivity (Wildman–Crippen MR) is 123 cm³/mol. The van der Waals surface area contributed by atoms with Gasteiger partial charge in [-0.25, -0.2) is 9.59 Å². The van der Waals surface area contributed by atoms with Crippen molar-refractivity contribution in [2.24, 2.45) is 23.7 Å². The number of likely N-dealkylation sites (tertiary alicyclic amines) is 2. The molecule has 0 aromatic carbocycles. The lowest BCUT2D eigenvalue weighted by Crippen LogP contribution is -2.55. The fraction of sp³-hybridized carbons (Fsp3) is 0.542. The van der Waals surface area contributed by atoms with Crippen LogP contribution in [0.2, 0.25) is 0 Å². The number of nitrogens with zero attached hydrogens (tertiary/aromatic N) is 4. The Balaban J connectivity index is 1.10. The molecule has 16 nitrogen and oxygen atoms in total. The van der Waals surface area contributed by atoms with Gasteiger partial charge < -0.3 is 29.7 Å². The van der Waals surface area contributed by atoms with Gasteiger partial charge in [0.05, 0.1) is 42.2 Å². The van der Waals surface area contributed by atoms with Gasteiger partial charge in [0.15, 0.2) is 0 Å². The monoisotopic (exact) mass is 560 g/mol. The first-order valence-corrected chi connectivity index (χ1v) is 12.6. The van der Waals surface area contributed by atoms with Crippen molar-refractivity contribution in [1.29, 1.82) is 0 Å². The molecule has 8 unspecified atom stereocenters. The lowest BCUT2D eigenvalue weighted by Gasteiger charge is -2.29. The normalized spacial score (nSPS) is 36.0. The number of carbonyl (C=O) groups is 7. The molecule has 4 fully saturated rings. The highest BCUT2D eigenvalue weighted by atomic mass is 16.5. The first-order valence-electron chi connectivity index (χ1n) is 12.6. The van der Waals surface area contributed by atoms with Crippen molar-refractivity contribution in [3.05, 3.63) is 24.3 Å². The molecule has 9 atom stereocenters. The Bertz CT molecular complexity index is 1270. The van der Waals surface area contributed by atoms with E-state index in [9.17, 15) is 48.9 Å². The summed E-state index contributed by atoms with van der Waals surface area (Å²) in [7, 11) is 0. The van der Waals surface area contributed by atoms with E-state index in [-0.39, 0.29) is 10.0 Å². The van der Waals surface area contributed by atoms with E-state index in [2.05, 4.69) is 0 Å². The van der Waals surface area contributed by atoms with Crippen molar-refractivity contribution < 1.29 is 58.4 Å².